The maximum atomic E-state index is 12.9. The fourth-order valence-electron chi connectivity index (χ4n) is 7.80. The quantitative estimate of drug-likeness (QED) is 0.0345. The summed E-state index contributed by atoms with van der Waals surface area (Å²) in [5.74, 6) is -0.430. The van der Waals surface area contributed by atoms with Gasteiger partial charge in [0.15, 0.2) is 6.10 Å². The van der Waals surface area contributed by atoms with Crippen molar-refractivity contribution in [1.29, 1.82) is 0 Å². The van der Waals surface area contributed by atoms with Gasteiger partial charge in [0.25, 0.3) is 0 Å². The second-order valence-corrected chi connectivity index (χ2v) is 18.8. The largest absolute Gasteiger partial charge is 0.462 e. The monoisotopic (exact) mass is 945 g/mol. The van der Waals surface area contributed by atoms with Crippen molar-refractivity contribution in [2.45, 2.75) is 271 Å². The van der Waals surface area contributed by atoms with Crippen LogP contribution in [0.3, 0.4) is 0 Å². The summed E-state index contributed by atoms with van der Waals surface area (Å²) in [5, 5.41) is 0. The molecule has 0 aromatic rings. The number of ether oxygens (including phenoxy) is 3. The van der Waals surface area contributed by atoms with E-state index in [1.54, 1.807) is 0 Å². The van der Waals surface area contributed by atoms with Gasteiger partial charge in [0.05, 0.1) is 6.61 Å². The van der Waals surface area contributed by atoms with Crippen LogP contribution in [-0.4, -0.2) is 37.9 Å². The molecule has 1 unspecified atom stereocenters. The molecule has 0 bridgehead atoms. The highest BCUT2D eigenvalue weighted by molar-refractivity contribution is 5.70. The third-order valence-corrected chi connectivity index (χ3v) is 12.1. The van der Waals surface area contributed by atoms with Crippen molar-refractivity contribution in [1.82, 2.24) is 0 Å². The van der Waals surface area contributed by atoms with Crippen molar-refractivity contribution in [3.05, 3.63) is 97.2 Å². The number of hydrogen-bond acceptors (Lipinski definition) is 5. The van der Waals surface area contributed by atoms with Gasteiger partial charge in [-0.3, -0.25) is 9.59 Å². The smallest absolute Gasteiger partial charge is 0.306 e. The minimum absolute atomic E-state index is 0.0632. The van der Waals surface area contributed by atoms with E-state index in [1.165, 1.54) is 122 Å². The SMILES string of the molecule is CC/C=C\C/C=C\C/C=C\C/C=C\CCCCCCCOCC(COC(=O)CCCCCCCC/C=C\C/C=C\C/C=C\CCCCC)OC(=O)CCCCCCC/C=C\CCCCCCCC. The highest BCUT2D eigenvalue weighted by Crippen LogP contribution is 2.14. The zero-order chi connectivity index (χ0) is 49.2. The molecule has 0 aliphatic rings. The lowest BCUT2D eigenvalue weighted by molar-refractivity contribution is -0.163. The Hall–Kier alpha value is -3.18. The molecule has 5 heteroatoms. The number of hydrogen-bond donors (Lipinski definition) is 0. The fourth-order valence-corrected chi connectivity index (χ4v) is 7.80. The van der Waals surface area contributed by atoms with Crippen LogP contribution < -0.4 is 0 Å². The van der Waals surface area contributed by atoms with E-state index in [0.717, 1.165) is 109 Å². The molecule has 5 nitrogen and oxygen atoms in total. The number of carbonyl (C=O) groups is 2. The fraction of sp³-hybridized carbons (Fsp3) is 0.714. The van der Waals surface area contributed by atoms with Gasteiger partial charge in [0.2, 0.25) is 0 Å². The van der Waals surface area contributed by atoms with Crippen LogP contribution in [-0.2, 0) is 23.8 Å². The van der Waals surface area contributed by atoms with Crippen molar-refractivity contribution in [2.75, 3.05) is 19.8 Å². The Labute approximate surface area is 422 Å². The lowest BCUT2D eigenvalue weighted by Gasteiger charge is -2.18. The van der Waals surface area contributed by atoms with Gasteiger partial charge < -0.3 is 14.2 Å². The number of allylic oxidation sites excluding steroid dienone is 16. The van der Waals surface area contributed by atoms with Crippen LogP contribution in [0, 0.1) is 0 Å². The van der Waals surface area contributed by atoms with Crippen LogP contribution >= 0.6 is 0 Å². The van der Waals surface area contributed by atoms with Gasteiger partial charge in [0, 0.05) is 19.4 Å². The molecule has 0 saturated carbocycles. The summed E-state index contributed by atoms with van der Waals surface area (Å²) in [6.45, 7) is 7.63. The minimum Gasteiger partial charge on any atom is -0.462 e. The third kappa shape index (κ3) is 55.4. The molecule has 0 heterocycles. The highest BCUT2D eigenvalue weighted by Gasteiger charge is 2.17. The number of rotatable bonds is 52. The Balaban J connectivity index is 4.36. The molecule has 0 rings (SSSR count). The number of esters is 2. The number of unbranched alkanes of at least 4 members (excludes halogenated alkanes) is 25. The van der Waals surface area contributed by atoms with Gasteiger partial charge in [-0.25, -0.2) is 0 Å². The first-order valence-electron chi connectivity index (χ1n) is 28.8. The van der Waals surface area contributed by atoms with E-state index in [9.17, 15) is 9.59 Å². The Morgan fingerprint density at radius 2 is 0.662 bits per heavy atom. The maximum Gasteiger partial charge on any atom is 0.306 e. The molecule has 0 saturated heterocycles. The Morgan fingerprint density at radius 1 is 0.338 bits per heavy atom. The van der Waals surface area contributed by atoms with E-state index in [2.05, 4.69) is 118 Å². The average molecular weight is 946 g/mol. The molecular weight excluding hydrogens is 837 g/mol. The summed E-state index contributed by atoms with van der Waals surface area (Å²) >= 11 is 0. The molecule has 0 fully saturated rings. The maximum absolute atomic E-state index is 12.9. The molecule has 390 valence electrons. The van der Waals surface area contributed by atoms with E-state index in [0.29, 0.717) is 19.4 Å². The van der Waals surface area contributed by atoms with Gasteiger partial charge in [-0.05, 0) is 122 Å². The third-order valence-electron chi connectivity index (χ3n) is 12.1. The second-order valence-electron chi connectivity index (χ2n) is 18.8. The summed E-state index contributed by atoms with van der Waals surface area (Å²) in [6.07, 6.45) is 78.5. The van der Waals surface area contributed by atoms with E-state index in [4.69, 9.17) is 14.2 Å². The molecule has 0 aromatic carbocycles. The molecule has 0 aliphatic carbocycles. The number of carbonyl (C=O) groups excluding carboxylic acids is 2. The highest BCUT2D eigenvalue weighted by atomic mass is 16.6. The summed E-state index contributed by atoms with van der Waals surface area (Å²) in [6, 6.07) is 0. The topological polar surface area (TPSA) is 61.8 Å². The molecule has 0 radical (unpaired) electrons. The molecule has 0 aliphatic heterocycles. The lowest BCUT2D eigenvalue weighted by atomic mass is 10.1. The van der Waals surface area contributed by atoms with Gasteiger partial charge in [-0.1, -0.05) is 227 Å². The van der Waals surface area contributed by atoms with Crippen molar-refractivity contribution in [3.63, 3.8) is 0 Å². The van der Waals surface area contributed by atoms with Crippen molar-refractivity contribution >= 4 is 11.9 Å². The molecular formula is C63H108O5. The Morgan fingerprint density at radius 3 is 1.10 bits per heavy atom. The van der Waals surface area contributed by atoms with Crippen LogP contribution in [0.5, 0.6) is 0 Å². The van der Waals surface area contributed by atoms with Crippen LogP contribution in [0.1, 0.15) is 265 Å². The van der Waals surface area contributed by atoms with Gasteiger partial charge in [0.1, 0.15) is 6.61 Å². The van der Waals surface area contributed by atoms with Gasteiger partial charge in [-0.15, -0.1) is 0 Å². The molecule has 0 aromatic heterocycles. The minimum atomic E-state index is -0.562. The van der Waals surface area contributed by atoms with E-state index < -0.39 is 6.10 Å². The Bertz CT molecular complexity index is 1300. The molecule has 68 heavy (non-hydrogen) atoms. The van der Waals surface area contributed by atoms with Crippen molar-refractivity contribution < 1.29 is 23.8 Å². The van der Waals surface area contributed by atoms with Crippen molar-refractivity contribution in [2.24, 2.45) is 0 Å². The molecule has 1 atom stereocenters. The van der Waals surface area contributed by atoms with Gasteiger partial charge >= 0.3 is 11.9 Å². The van der Waals surface area contributed by atoms with Crippen LogP contribution in [0.2, 0.25) is 0 Å². The summed E-state index contributed by atoms with van der Waals surface area (Å²) in [5.41, 5.74) is 0. The first-order chi connectivity index (χ1) is 33.6. The van der Waals surface area contributed by atoms with Crippen molar-refractivity contribution in [3.8, 4) is 0 Å². The summed E-state index contributed by atoms with van der Waals surface area (Å²) < 4.78 is 17.4. The van der Waals surface area contributed by atoms with E-state index >= 15 is 0 Å². The predicted molar refractivity (Wildman–Crippen MR) is 297 cm³/mol. The first kappa shape index (κ1) is 64.8. The normalized spacial score (nSPS) is 12.9. The summed E-state index contributed by atoms with van der Waals surface area (Å²) in [4.78, 5) is 25.5. The zero-order valence-corrected chi connectivity index (χ0v) is 44.8. The zero-order valence-electron chi connectivity index (χ0n) is 44.8. The molecule has 0 N–H and O–H groups in total. The molecule has 0 amide bonds. The first-order valence-corrected chi connectivity index (χ1v) is 28.8. The van der Waals surface area contributed by atoms with Crippen LogP contribution in [0.15, 0.2) is 97.2 Å². The lowest BCUT2D eigenvalue weighted by Crippen LogP contribution is -2.30. The van der Waals surface area contributed by atoms with Gasteiger partial charge in [-0.2, -0.15) is 0 Å². The average Bonchev–Trinajstić information content (AvgIpc) is 3.34. The van der Waals surface area contributed by atoms with Crippen LogP contribution in [0.25, 0.3) is 0 Å². The summed E-state index contributed by atoms with van der Waals surface area (Å²) in [7, 11) is 0. The predicted octanol–water partition coefficient (Wildman–Crippen LogP) is 19.8. The van der Waals surface area contributed by atoms with Crippen LogP contribution in [0.4, 0.5) is 0 Å². The Kier molecular flexibility index (Phi) is 55.4. The standard InChI is InChI=1S/C63H108O5/c1-4-7-10-13-16-19-22-25-28-30-32-33-36-38-41-44-47-50-53-56-62(64)67-60-61(68-63(65)57-54-51-48-45-42-39-35-27-24-21-18-15-12-9-6-3)59-66-58-55-52-49-46-43-40-37-34-31-29-26-23-20-17-14-11-8-5-2/h8,11,16-17,19-20,25-29,32-35,37,61H,4-7,9-10,12-15,18,21-24,30-31,36,38-60H2,1-3H3/b11-8-,19-16-,20-17-,28-25-,29-26-,33-32-,35-27-,37-34-. The molecule has 0 spiro atoms. The van der Waals surface area contributed by atoms with E-state index in [1.807, 2.05) is 0 Å². The van der Waals surface area contributed by atoms with E-state index in [-0.39, 0.29) is 25.2 Å². The second kappa shape index (κ2) is 58.1.